The average Bonchev–Trinajstić information content (AvgIpc) is 2.03. The largest absolute Gasteiger partial charge is 0.329 e. The van der Waals surface area contributed by atoms with Gasteiger partial charge in [0.25, 0.3) is 0 Å². The molecule has 4 heteroatoms. The molecule has 2 nitrogen and oxygen atoms in total. The molecule has 1 rings (SSSR count). The fraction of sp³-hybridized carbons (Fsp3) is 0.250. The first kappa shape index (κ1) is 11.7. The highest BCUT2D eigenvalue weighted by Crippen LogP contribution is 2.14. The van der Waals surface area contributed by atoms with Crippen LogP contribution in [0.3, 0.4) is 0 Å². The lowest BCUT2D eigenvalue weighted by Gasteiger charge is -2.08. The van der Waals surface area contributed by atoms with Crippen molar-refractivity contribution < 1.29 is 0 Å². The van der Waals surface area contributed by atoms with Crippen molar-refractivity contribution in [2.45, 2.75) is 6.04 Å². The van der Waals surface area contributed by atoms with Gasteiger partial charge in [-0.05, 0) is 17.7 Å². The van der Waals surface area contributed by atoms with E-state index in [0.29, 0.717) is 11.6 Å². The molecule has 1 atom stereocenters. The number of benzene rings is 1. The van der Waals surface area contributed by atoms with Gasteiger partial charge in [-0.1, -0.05) is 23.7 Å². The number of hydrogen-bond donors (Lipinski definition) is 2. The van der Waals surface area contributed by atoms with Gasteiger partial charge in [0, 0.05) is 17.6 Å². The molecule has 0 saturated carbocycles. The summed E-state index contributed by atoms with van der Waals surface area (Å²) in [6.07, 6.45) is 0. The minimum atomic E-state index is -0.103. The first-order valence-corrected chi connectivity index (χ1v) is 3.83. The number of halogens is 2. The van der Waals surface area contributed by atoms with Gasteiger partial charge in [0.2, 0.25) is 0 Å². The van der Waals surface area contributed by atoms with Crippen molar-refractivity contribution in [3.8, 4) is 0 Å². The van der Waals surface area contributed by atoms with Crippen molar-refractivity contribution >= 4 is 24.0 Å². The van der Waals surface area contributed by atoms with Gasteiger partial charge in [-0.3, -0.25) is 0 Å². The Morgan fingerprint density at radius 3 is 2.58 bits per heavy atom. The molecule has 1 aromatic rings. The van der Waals surface area contributed by atoms with Crippen molar-refractivity contribution in [1.82, 2.24) is 0 Å². The van der Waals surface area contributed by atoms with E-state index in [9.17, 15) is 0 Å². The summed E-state index contributed by atoms with van der Waals surface area (Å²) in [6.45, 7) is 0.445. The molecule has 0 unspecified atom stereocenters. The van der Waals surface area contributed by atoms with Gasteiger partial charge >= 0.3 is 0 Å². The fourth-order valence-corrected chi connectivity index (χ4v) is 1.07. The van der Waals surface area contributed by atoms with Crippen LogP contribution in [0.1, 0.15) is 11.6 Å². The Bertz CT molecular complexity index is 240. The Hall–Kier alpha value is -0.280. The second-order valence-electron chi connectivity index (χ2n) is 2.40. The lowest BCUT2D eigenvalue weighted by Crippen LogP contribution is -2.20. The van der Waals surface area contributed by atoms with Crippen LogP contribution in [0.4, 0.5) is 0 Å². The third-order valence-corrected chi connectivity index (χ3v) is 1.77. The fourth-order valence-electron chi connectivity index (χ4n) is 0.873. The van der Waals surface area contributed by atoms with Crippen LogP contribution in [0.15, 0.2) is 24.3 Å². The van der Waals surface area contributed by atoms with Crippen LogP contribution in [0, 0.1) is 0 Å². The van der Waals surface area contributed by atoms with Crippen LogP contribution >= 0.6 is 24.0 Å². The second-order valence-corrected chi connectivity index (χ2v) is 2.83. The SMILES string of the molecule is Cl.NC[C@H](N)c1cccc(Cl)c1. The molecule has 68 valence electrons. The maximum absolute atomic E-state index is 5.75. The first-order valence-electron chi connectivity index (χ1n) is 3.45. The van der Waals surface area contributed by atoms with Crippen LogP contribution < -0.4 is 11.5 Å². The Kier molecular flexibility index (Phi) is 5.25. The number of rotatable bonds is 2. The second kappa shape index (κ2) is 5.38. The lowest BCUT2D eigenvalue weighted by atomic mass is 10.1. The topological polar surface area (TPSA) is 52.0 Å². The van der Waals surface area contributed by atoms with E-state index in [0.717, 1.165) is 5.56 Å². The van der Waals surface area contributed by atoms with Gasteiger partial charge in [0.05, 0.1) is 0 Å². The molecule has 0 radical (unpaired) electrons. The molecule has 0 aliphatic rings. The van der Waals surface area contributed by atoms with E-state index in [1.165, 1.54) is 0 Å². The van der Waals surface area contributed by atoms with Crippen molar-refractivity contribution in [3.63, 3.8) is 0 Å². The van der Waals surface area contributed by atoms with Crippen molar-refractivity contribution in [2.75, 3.05) is 6.54 Å². The average molecular weight is 207 g/mol. The summed E-state index contributed by atoms with van der Waals surface area (Å²) < 4.78 is 0. The Morgan fingerprint density at radius 1 is 1.42 bits per heavy atom. The summed E-state index contributed by atoms with van der Waals surface area (Å²) in [5, 5.41) is 0.700. The van der Waals surface area contributed by atoms with E-state index < -0.39 is 0 Å². The van der Waals surface area contributed by atoms with Gasteiger partial charge in [-0.2, -0.15) is 0 Å². The standard InChI is InChI=1S/C8H11ClN2.ClH/c9-7-3-1-2-6(4-7)8(11)5-10;/h1-4,8H,5,10-11H2;1H/t8-;/m0./s1. The highest BCUT2D eigenvalue weighted by atomic mass is 35.5. The Balaban J connectivity index is 0.00000121. The molecule has 0 aliphatic heterocycles. The first-order chi connectivity index (χ1) is 5.24. The number of hydrogen-bond acceptors (Lipinski definition) is 2. The summed E-state index contributed by atoms with van der Waals surface area (Å²) in [5.41, 5.74) is 12.1. The predicted octanol–water partition coefficient (Wildman–Crippen LogP) is 1.72. The molecule has 0 aromatic heterocycles. The molecule has 0 saturated heterocycles. The molecule has 0 heterocycles. The minimum absolute atomic E-state index is 0. The van der Waals surface area contributed by atoms with Crippen molar-refractivity contribution in [1.29, 1.82) is 0 Å². The van der Waals surface area contributed by atoms with Crippen molar-refractivity contribution in [2.24, 2.45) is 11.5 Å². The van der Waals surface area contributed by atoms with Crippen LogP contribution in [0.5, 0.6) is 0 Å². The molecule has 0 spiro atoms. The van der Waals surface area contributed by atoms with E-state index in [-0.39, 0.29) is 18.4 Å². The third-order valence-electron chi connectivity index (χ3n) is 1.53. The maximum atomic E-state index is 5.75. The lowest BCUT2D eigenvalue weighted by molar-refractivity contribution is 0.737. The molecule has 0 aliphatic carbocycles. The van der Waals surface area contributed by atoms with E-state index in [2.05, 4.69) is 0 Å². The molecule has 0 fully saturated rings. The summed E-state index contributed by atoms with van der Waals surface area (Å²) in [6, 6.07) is 7.33. The molecule has 0 bridgehead atoms. The van der Waals surface area contributed by atoms with E-state index in [4.69, 9.17) is 23.1 Å². The smallest absolute Gasteiger partial charge is 0.0420 e. The molecule has 12 heavy (non-hydrogen) atoms. The minimum Gasteiger partial charge on any atom is -0.329 e. The molecular weight excluding hydrogens is 195 g/mol. The number of nitrogens with two attached hydrogens (primary N) is 2. The Labute approximate surface area is 83.3 Å². The van der Waals surface area contributed by atoms with E-state index in [1.807, 2.05) is 24.3 Å². The van der Waals surface area contributed by atoms with Crippen LogP contribution in [0.2, 0.25) is 5.02 Å². The van der Waals surface area contributed by atoms with Gasteiger partial charge in [0.15, 0.2) is 0 Å². The predicted molar refractivity (Wildman–Crippen MR) is 54.7 cm³/mol. The van der Waals surface area contributed by atoms with E-state index in [1.54, 1.807) is 0 Å². The van der Waals surface area contributed by atoms with Crippen molar-refractivity contribution in [3.05, 3.63) is 34.9 Å². The highest BCUT2D eigenvalue weighted by Gasteiger charge is 2.02. The van der Waals surface area contributed by atoms with Crippen LogP contribution in [0.25, 0.3) is 0 Å². The molecular formula is C8H12Cl2N2. The normalized spacial score (nSPS) is 11.9. The zero-order valence-corrected chi connectivity index (χ0v) is 8.11. The monoisotopic (exact) mass is 206 g/mol. The molecule has 4 N–H and O–H groups in total. The summed E-state index contributed by atoms with van der Waals surface area (Å²) in [4.78, 5) is 0. The summed E-state index contributed by atoms with van der Waals surface area (Å²) in [7, 11) is 0. The zero-order chi connectivity index (χ0) is 8.27. The molecule has 0 amide bonds. The Morgan fingerprint density at radius 2 is 2.08 bits per heavy atom. The van der Waals surface area contributed by atoms with Gasteiger partial charge in [-0.15, -0.1) is 12.4 Å². The van der Waals surface area contributed by atoms with Gasteiger partial charge in [0.1, 0.15) is 0 Å². The molecule has 1 aromatic carbocycles. The highest BCUT2D eigenvalue weighted by molar-refractivity contribution is 6.30. The quantitative estimate of drug-likeness (QED) is 0.775. The van der Waals surface area contributed by atoms with Crippen LogP contribution in [-0.4, -0.2) is 6.54 Å². The third kappa shape index (κ3) is 2.99. The van der Waals surface area contributed by atoms with Gasteiger partial charge in [-0.25, -0.2) is 0 Å². The van der Waals surface area contributed by atoms with E-state index >= 15 is 0 Å². The maximum Gasteiger partial charge on any atom is 0.0420 e. The summed E-state index contributed by atoms with van der Waals surface area (Å²) in [5.74, 6) is 0. The zero-order valence-electron chi connectivity index (χ0n) is 6.53. The summed E-state index contributed by atoms with van der Waals surface area (Å²) >= 11 is 5.75. The van der Waals surface area contributed by atoms with Crippen LogP contribution in [-0.2, 0) is 0 Å². The van der Waals surface area contributed by atoms with Gasteiger partial charge < -0.3 is 11.5 Å².